The number of benzene rings is 1. The SMILES string of the molecule is CCC(C)(C)c1ccc(Oc2nc(C)nc(N)c2C)cc1. The fraction of sp³-hybridized carbons (Fsp3) is 0.412. The van der Waals surface area contributed by atoms with Crippen LogP contribution in [0, 0.1) is 13.8 Å². The highest BCUT2D eigenvalue weighted by Gasteiger charge is 2.18. The Morgan fingerprint density at radius 1 is 1.10 bits per heavy atom. The fourth-order valence-corrected chi connectivity index (χ4v) is 2.01. The van der Waals surface area contributed by atoms with E-state index in [2.05, 4.69) is 42.9 Å². The molecule has 0 saturated heterocycles. The highest BCUT2D eigenvalue weighted by molar-refractivity contribution is 5.46. The third-order valence-electron chi connectivity index (χ3n) is 3.98. The number of hydrogen-bond donors (Lipinski definition) is 1. The molecule has 0 aliphatic rings. The summed E-state index contributed by atoms with van der Waals surface area (Å²) in [5, 5.41) is 0. The molecule has 21 heavy (non-hydrogen) atoms. The number of nitrogens with two attached hydrogens (primary N) is 1. The van der Waals surface area contributed by atoms with Gasteiger partial charge in [-0.15, -0.1) is 0 Å². The number of nitrogen functional groups attached to an aromatic ring is 1. The second-order valence-electron chi connectivity index (χ2n) is 5.95. The molecule has 4 nitrogen and oxygen atoms in total. The number of aryl methyl sites for hydroxylation is 1. The largest absolute Gasteiger partial charge is 0.439 e. The first-order chi connectivity index (χ1) is 9.83. The second kappa shape index (κ2) is 5.72. The van der Waals surface area contributed by atoms with Crippen LogP contribution in [0.2, 0.25) is 0 Å². The lowest BCUT2D eigenvalue weighted by molar-refractivity contribution is 0.454. The summed E-state index contributed by atoms with van der Waals surface area (Å²) < 4.78 is 5.84. The highest BCUT2D eigenvalue weighted by Crippen LogP contribution is 2.30. The molecule has 1 aromatic heterocycles. The minimum atomic E-state index is 0.171. The molecule has 1 aromatic carbocycles. The van der Waals surface area contributed by atoms with Crippen molar-refractivity contribution in [1.29, 1.82) is 0 Å². The standard InChI is InChI=1S/C17H23N3O/c1-6-17(4,5)13-7-9-14(10-8-13)21-16-11(2)15(18)19-12(3)20-16/h7-10H,6H2,1-5H3,(H2,18,19,20). The van der Waals surface area contributed by atoms with Crippen LogP contribution in [0.3, 0.4) is 0 Å². The van der Waals surface area contributed by atoms with Crippen molar-refractivity contribution in [2.45, 2.75) is 46.5 Å². The first-order valence-corrected chi connectivity index (χ1v) is 7.22. The van der Waals surface area contributed by atoms with Gasteiger partial charge < -0.3 is 10.5 Å². The summed E-state index contributed by atoms with van der Waals surface area (Å²) in [5.41, 5.74) is 8.08. The quantitative estimate of drug-likeness (QED) is 0.916. The van der Waals surface area contributed by atoms with Gasteiger partial charge >= 0.3 is 0 Å². The molecule has 112 valence electrons. The van der Waals surface area contributed by atoms with Gasteiger partial charge in [-0.3, -0.25) is 0 Å². The number of ether oxygens (including phenoxy) is 1. The van der Waals surface area contributed by atoms with E-state index < -0.39 is 0 Å². The van der Waals surface area contributed by atoms with Crippen LogP contribution in [0.25, 0.3) is 0 Å². The van der Waals surface area contributed by atoms with E-state index in [4.69, 9.17) is 10.5 Å². The zero-order valence-electron chi connectivity index (χ0n) is 13.4. The van der Waals surface area contributed by atoms with E-state index in [0.717, 1.165) is 17.7 Å². The molecule has 0 radical (unpaired) electrons. The molecule has 0 bridgehead atoms. The summed E-state index contributed by atoms with van der Waals surface area (Å²) in [6, 6.07) is 8.15. The van der Waals surface area contributed by atoms with Gasteiger partial charge in [-0.1, -0.05) is 32.9 Å². The van der Waals surface area contributed by atoms with Crippen LogP contribution in [0.4, 0.5) is 5.82 Å². The van der Waals surface area contributed by atoms with Crippen LogP contribution in [-0.2, 0) is 5.41 Å². The smallest absolute Gasteiger partial charge is 0.227 e. The molecule has 0 aliphatic carbocycles. The van der Waals surface area contributed by atoms with E-state index in [9.17, 15) is 0 Å². The van der Waals surface area contributed by atoms with Gasteiger partial charge in [0.2, 0.25) is 5.88 Å². The maximum absolute atomic E-state index is 5.84. The number of hydrogen-bond acceptors (Lipinski definition) is 4. The van der Waals surface area contributed by atoms with Crippen molar-refractivity contribution in [2.75, 3.05) is 5.73 Å². The third kappa shape index (κ3) is 3.32. The molecular weight excluding hydrogens is 262 g/mol. The molecule has 2 N–H and O–H groups in total. The molecule has 1 heterocycles. The Balaban J connectivity index is 2.25. The van der Waals surface area contributed by atoms with Gasteiger partial charge in [0.1, 0.15) is 17.4 Å². The predicted molar refractivity (Wildman–Crippen MR) is 85.8 cm³/mol. The Morgan fingerprint density at radius 3 is 2.29 bits per heavy atom. The number of anilines is 1. The van der Waals surface area contributed by atoms with Gasteiger partial charge in [0, 0.05) is 0 Å². The lowest BCUT2D eigenvalue weighted by Gasteiger charge is -2.23. The Bertz CT molecular complexity index is 633. The lowest BCUT2D eigenvalue weighted by Crippen LogP contribution is -2.14. The van der Waals surface area contributed by atoms with Crippen molar-refractivity contribution < 1.29 is 4.74 Å². The van der Waals surface area contributed by atoms with E-state index in [0.29, 0.717) is 17.5 Å². The predicted octanol–water partition coefficient (Wildman–Crippen LogP) is 4.16. The summed E-state index contributed by atoms with van der Waals surface area (Å²) >= 11 is 0. The summed E-state index contributed by atoms with van der Waals surface area (Å²) in [4.78, 5) is 8.42. The molecule has 0 aliphatic heterocycles. The minimum absolute atomic E-state index is 0.171. The van der Waals surface area contributed by atoms with Gasteiger partial charge in [-0.2, -0.15) is 4.98 Å². The van der Waals surface area contributed by atoms with Crippen molar-refractivity contribution >= 4 is 5.82 Å². The van der Waals surface area contributed by atoms with Crippen molar-refractivity contribution in [1.82, 2.24) is 9.97 Å². The third-order valence-corrected chi connectivity index (χ3v) is 3.98. The van der Waals surface area contributed by atoms with E-state index in [1.165, 1.54) is 5.56 Å². The average Bonchev–Trinajstić information content (AvgIpc) is 2.45. The van der Waals surface area contributed by atoms with Gasteiger partial charge in [0.05, 0.1) is 5.56 Å². The van der Waals surface area contributed by atoms with Crippen LogP contribution < -0.4 is 10.5 Å². The monoisotopic (exact) mass is 285 g/mol. The number of aromatic nitrogens is 2. The van der Waals surface area contributed by atoms with E-state index in [1.807, 2.05) is 19.1 Å². The number of nitrogens with zero attached hydrogens (tertiary/aromatic N) is 2. The van der Waals surface area contributed by atoms with Crippen LogP contribution in [0.15, 0.2) is 24.3 Å². The van der Waals surface area contributed by atoms with Crippen molar-refractivity contribution in [2.24, 2.45) is 0 Å². The first-order valence-electron chi connectivity index (χ1n) is 7.22. The zero-order valence-corrected chi connectivity index (χ0v) is 13.4. The van der Waals surface area contributed by atoms with Crippen LogP contribution in [0.1, 0.15) is 44.1 Å². The second-order valence-corrected chi connectivity index (χ2v) is 5.95. The van der Waals surface area contributed by atoms with E-state index in [1.54, 1.807) is 6.92 Å². The van der Waals surface area contributed by atoms with Gasteiger partial charge in [-0.05, 0) is 43.4 Å². The highest BCUT2D eigenvalue weighted by atomic mass is 16.5. The molecule has 0 fully saturated rings. The topological polar surface area (TPSA) is 61.0 Å². The molecule has 0 unspecified atom stereocenters. The molecule has 0 amide bonds. The Hall–Kier alpha value is -2.10. The first kappa shape index (κ1) is 15.3. The maximum Gasteiger partial charge on any atom is 0.227 e. The molecule has 4 heteroatoms. The van der Waals surface area contributed by atoms with Crippen molar-refractivity contribution in [3.63, 3.8) is 0 Å². The molecule has 0 atom stereocenters. The molecule has 2 rings (SSSR count). The minimum Gasteiger partial charge on any atom is -0.439 e. The molecule has 2 aromatic rings. The van der Waals surface area contributed by atoms with E-state index >= 15 is 0 Å². The zero-order chi connectivity index (χ0) is 15.6. The Labute approximate surface area is 126 Å². The van der Waals surface area contributed by atoms with Crippen LogP contribution in [0.5, 0.6) is 11.6 Å². The Morgan fingerprint density at radius 2 is 1.71 bits per heavy atom. The van der Waals surface area contributed by atoms with Crippen LogP contribution >= 0.6 is 0 Å². The van der Waals surface area contributed by atoms with Crippen molar-refractivity contribution in [3.05, 3.63) is 41.2 Å². The summed E-state index contributed by atoms with van der Waals surface area (Å²) in [7, 11) is 0. The van der Waals surface area contributed by atoms with Gasteiger partial charge in [0.15, 0.2) is 0 Å². The van der Waals surface area contributed by atoms with Gasteiger partial charge in [0.25, 0.3) is 0 Å². The molecule has 0 spiro atoms. The van der Waals surface area contributed by atoms with Gasteiger partial charge in [-0.25, -0.2) is 4.98 Å². The van der Waals surface area contributed by atoms with Crippen molar-refractivity contribution in [3.8, 4) is 11.6 Å². The Kier molecular flexibility index (Phi) is 4.16. The average molecular weight is 285 g/mol. The van der Waals surface area contributed by atoms with Crippen LogP contribution in [-0.4, -0.2) is 9.97 Å². The molecule has 0 saturated carbocycles. The normalized spacial score (nSPS) is 11.5. The van der Waals surface area contributed by atoms with E-state index in [-0.39, 0.29) is 5.41 Å². The lowest BCUT2D eigenvalue weighted by atomic mass is 9.82. The number of rotatable bonds is 4. The maximum atomic E-state index is 5.84. The summed E-state index contributed by atoms with van der Waals surface area (Å²) in [6.07, 6.45) is 1.09. The summed E-state index contributed by atoms with van der Waals surface area (Å²) in [5.74, 6) is 2.34. The molecular formula is C17H23N3O. The fourth-order valence-electron chi connectivity index (χ4n) is 2.01. The summed E-state index contributed by atoms with van der Waals surface area (Å²) in [6.45, 7) is 10.3.